The molecule has 0 unspecified atom stereocenters. The smallest absolute Gasteiger partial charge is 0.329 e. The number of amides is 1. The van der Waals surface area contributed by atoms with Crippen LogP contribution in [0, 0.1) is 0 Å². The highest BCUT2D eigenvalue weighted by Crippen LogP contribution is 2.28. The fraction of sp³-hybridized carbons (Fsp3) is 0.278. The van der Waals surface area contributed by atoms with E-state index < -0.39 is 17.7 Å². The van der Waals surface area contributed by atoms with Gasteiger partial charge in [0.1, 0.15) is 5.82 Å². The molecular formula is C18H18ClF2N5O. The van der Waals surface area contributed by atoms with E-state index in [1.807, 2.05) is 13.0 Å². The van der Waals surface area contributed by atoms with Gasteiger partial charge in [-0.1, -0.05) is 30.7 Å². The number of carbonyl (C=O) groups is 1. The van der Waals surface area contributed by atoms with Gasteiger partial charge in [0, 0.05) is 30.0 Å². The van der Waals surface area contributed by atoms with Crippen LogP contribution in [0.3, 0.4) is 0 Å². The van der Waals surface area contributed by atoms with Gasteiger partial charge in [-0.3, -0.25) is 4.79 Å². The van der Waals surface area contributed by atoms with Crippen LogP contribution in [0.15, 0.2) is 48.9 Å². The SMILES string of the molecule is CCCn1ccnc1C(F)(F)C(=O)Nc1ccnn1Cc1cccc(Cl)c1. The molecular weight excluding hydrogens is 376 g/mol. The van der Waals surface area contributed by atoms with E-state index in [1.54, 1.807) is 18.2 Å². The van der Waals surface area contributed by atoms with Gasteiger partial charge in [0.25, 0.3) is 0 Å². The Morgan fingerprint density at radius 1 is 1.30 bits per heavy atom. The third-order valence-electron chi connectivity index (χ3n) is 3.93. The van der Waals surface area contributed by atoms with Gasteiger partial charge >= 0.3 is 11.8 Å². The number of carbonyl (C=O) groups excluding carboxylic acids is 1. The number of aromatic nitrogens is 4. The molecule has 1 N–H and O–H groups in total. The second-order valence-corrected chi connectivity index (χ2v) is 6.41. The van der Waals surface area contributed by atoms with Gasteiger partial charge in [-0.25, -0.2) is 9.67 Å². The van der Waals surface area contributed by atoms with Gasteiger partial charge in [0.15, 0.2) is 5.82 Å². The van der Waals surface area contributed by atoms with Crippen molar-refractivity contribution in [3.63, 3.8) is 0 Å². The van der Waals surface area contributed by atoms with E-state index in [0.29, 0.717) is 18.0 Å². The van der Waals surface area contributed by atoms with Crippen LogP contribution in [0.4, 0.5) is 14.6 Å². The molecule has 0 saturated heterocycles. The summed E-state index contributed by atoms with van der Waals surface area (Å²) in [6.45, 7) is 2.49. The molecule has 3 rings (SSSR count). The molecule has 0 aliphatic rings. The number of halogens is 3. The van der Waals surface area contributed by atoms with Gasteiger partial charge in [0.2, 0.25) is 0 Å². The lowest BCUT2D eigenvalue weighted by Gasteiger charge is -2.17. The Morgan fingerprint density at radius 3 is 2.85 bits per heavy atom. The largest absolute Gasteiger partial charge is 0.381 e. The van der Waals surface area contributed by atoms with Crippen LogP contribution in [0.2, 0.25) is 5.02 Å². The summed E-state index contributed by atoms with van der Waals surface area (Å²) in [5.41, 5.74) is 0.826. The molecule has 6 nitrogen and oxygen atoms in total. The van der Waals surface area contributed by atoms with Gasteiger partial charge in [-0.2, -0.15) is 13.9 Å². The standard InChI is InChI=1S/C18H18ClF2N5O/c1-2-9-25-10-8-22-16(25)18(20,21)17(27)24-15-6-7-23-26(15)12-13-4-3-5-14(19)11-13/h3-8,10-11H,2,9,12H2,1H3,(H,24,27). The first-order chi connectivity index (χ1) is 12.9. The van der Waals surface area contributed by atoms with Crippen LogP contribution in [0.25, 0.3) is 0 Å². The van der Waals surface area contributed by atoms with E-state index in [9.17, 15) is 13.6 Å². The zero-order valence-electron chi connectivity index (χ0n) is 14.6. The van der Waals surface area contributed by atoms with Gasteiger partial charge in [-0.15, -0.1) is 0 Å². The van der Waals surface area contributed by atoms with Crippen molar-refractivity contribution in [2.75, 3.05) is 5.32 Å². The van der Waals surface area contributed by atoms with Crippen LogP contribution >= 0.6 is 11.6 Å². The minimum atomic E-state index is -3.77. The van der Waals surface area contributed by atoms with Crippen LogP contribution in [0.5, 0.6) is 0 Å². The minimum Gasteiger partial charge on any atom is -0.329 e. The van der Waals surface area contributed by atoms with Crippen molar-refractivity contribution in [1.29, 1.82) is 0 Å². The molecule has 27 heavy (non-hydrogen) atoms. The Labute approximate surface area is 159 Å². The van der Waals surface area contributed by atoms with Crippen molar-refractivity contribution >= 4 is 23.3 Å². The van der Waals surface area contributed by atoms with Gasteiger partial charge in [0.05, 0.1) is 12.7 Å². The zero-order valence-corrected chi connectivity index (χ0v) is 15.3. The summed E-state index contributed by atoms with van der Waals surface area (Å²) < 4.78 is 32.0. The van der Waals surface area contributed by atoms with E-state index in [4.69, 9.17) is 11.6 Å². The number of nitrogens with zero attached hydrogens (tertiary/aromatic N) is 4. The summed E-state index contributed by atoms with van der Waals surface area (Å²) in [4.78, 5) is 15.9. The van der Waals surface area contributed by atoms with Crippen molar-refractivity contribution in [3.8, 4) is 0 Å². The molecule has 1 amide bonds. The Balaban J connectivity index is 1.78. The van der Waals surface area contributed by atoms with Crippen molar-refractivity contribution < 1.29 is 13.6 Å². The lowest BCUT2D eigenvalue weighted by Crippen LogP contribution is -2.35. The minimum absolute atomic E-state index is 0.160. The Morgan fingerprint density at radius 2 is 2.11 bits per heavy atom. The van der Waals surface area contributed by atoms with E-state index in [1.165, 1.54) is 33.9 Å². The normalized spacial score (nSPS) is 11.6. The molecule has 2 aromatic heterocycles. The summed E-state index contributed by atoms with van der Waals surface area (Å²) in [7, 11) is 0. The maximum Gasteiger partial charge on any atom is 0.381 e. The Bertz CT molecular complexity index is 937. The molecule has 0 fully saturated rings. The van der Waals surface area contributed by atoms with Crippen LogP contribution in [-0.2, 0) is 23.8 Å². The van der Waals surface area contributed by atoms with E-state index in [0.717, 1.165) is 5.56 Å². The first kappa shape index (κ1) is 19.0. The molecule has 142 valence electrons. The van der Waals surface area contributed by atoms with E-state index in [-0.39, 0.29) is 12.4 Å². The molecule has 0 radical (unpaired) electrons. The monoisotopic (exact) mass is 393 g/mol. The molecule has 0 aliphatic heterocycles. The number of nitrogens with one attached hydrogen (secondary N) is 1. The highest BCUT2D eigenvalue weighted by Gasteiger charge is 2.45. The number of aryl methyl sites for hydroxylation is 1. The average Bonchev–Trinajstić information content (AvgIpc) is 3.25. The molecule has 1 aromatic carbocycles. The Hall–Kier alpha value is -2.74. The maximum absolute atomic E-state index is 14.6. The summed E-state index contributed by atoms with van der Waals surface area (Å²) in [6.07, 6.45) is 4.77. The molecule has 3 aromatic rings. The number of benzene rings is 1. The Kier molecular flexibility index (Phi) is 5.55. The van der Waals surface area contributed by atoms with Crippen molar-refractivity contribution in [2.45, 2.75) is 32.4 Å². The number of rotatable bonds is 7. The first-order valence-corrected chi connectivity index (χ1v) is 8.76. The van der Waals surface area contributed by atoms with Gasteiger partial charge < -0.3 is 9.88 Å². The van der Waals surface area contributed by atoms with E-state index >= 15 is 0 Å². The predicted molar refractivity (Wildman–Crippen MR) is 97.8 cm³/mol. The summed E-state index contributed by atoms with van der Waals surface area (Å²) in [5.74, 6) is -5.65. The molecule has 0 saturated carbocycles. The number of imidazole rings is 1. The maximum atomic E-state index is 14.6. The topological polar surface area (TPSA) is 64.7 Å². The third kappa shape index (κ3) is 4.16. The molecule has 0 aliphatic carbocycles. The summed E-state index contributed by atoms with van der Waals surface area (Å²) in [6, 6.07) is 8.54. The lowest BCUT2D eigenvalue weighted by molar-refractivity contribution is -0.142. The predicted octanol–water partition coefficient (Wildman–Crippen LogP) is 3.92. The van der Waals surface area contributed by atoms with Crippen molar-refractivity contribution in [2.24, 2.45) is 0 Å². The molecule has 0 bridgehead atoms. The highest BCUT2D eigenvalue weighted by molar-refractivity contribution is 6.30. The second-order valence-electron chi connectivity index (χ2n) is 5.98. The first-order valence-electron chi connectivity index (χ1n) is 8.39. The molecule has 2 heterocycles. The van der Waals surface area contributed by atoms with Crippen molar-refractivity contribution in [1.82, 2.24) is 19.3 Å². The second kappa shape index (κ2) is 7.87. The fourth-order valence-corrected chi connectivity index (χ4v) is 2.89. The van der Waals surface area contributed by atoms with E-state index in [2.05, 4.69) is 15.4 Å². The number of hydrogen-bond acceptors (Lipinski definition) is 3. The summed E-state index contributed by atoms with van der Waals surface area (Å²) in [5, 5.41) is 6.88. The van der Waals surface area contributed by atoms with Gasteiger partial charge in [-0.05, 0) is 24.1 Å². The highest BCUT2D eigenvalue weighted by atomic mass is 35.5. The third-order valence-corrected chi connectivity index (χ3v) is 4.16. The molecule has 0 atom stereocenters. The zero-order chi connectivity index (χ0) is 19.4. The quantitative estimate of drug-likeness (QED) is 0.661. The van der Waals surface area contributed by atoms with Crippen LogP contribution in [0.1, 0.15) is 24.7 Å². The number of alkyl halides is 2. The van der Waals surface area contributed by atoms with Crippen LogP contribution < -0.4 is 5.32 Å². The molecule has 9 heteroatoms. The number of hydrogen-bond donors (Lipinski definition) is 1. The van der Waals surface area contributed by atoms with Crippen LogP contribution in [-0.4, -0.2) is 25.2 Å². The molecule has 0 spiro atoms. The van der Waals surface area contributed by atoms with Crippen molar-refractivity contribution in [3.05, 3.63) is 65.3 Å². The number of anilines is 1. The fourth-order valence-electron chi connectivity index (χ4n) is 2.68. The average molecular weight is 394 g/mol. The summed E-state index contributed by atoms with van der Waals surface area (Å²) >= 11 is 5.96. The lowest BCUT2D eigenvalue weighted by atomic mass is 10.2.